The van der Waals surface area contributed by atoms with Crippen molar-refractivity contribution < 1.29 is 9.18 Å². The van der Waals surface area contributed by atoms with Gasteiger partial charge in [-0.3, -0.25) is 4.79 Å². The van der Waals surface area contributed by atoms with Crippen molar-refractivity contribution in [3.8, 4) is 5.69 Å². The zero-order valence-corrected chi connectivity index (χ0v) is 16.8. The van der Waals surface area contributed by atoms with E-state index in [0.29, 0.717) is 10.9 Å². The van der Waals surface area contributed by atoms with Crippen LogP contribution >= 0.6 is 23.1 Å². The maximum atomic E-state index is 12.9. The van der Waals surface area contributed by atoms with Crippen LogP contribution in [0.3, 0.4) is 0 Å². The summed E-state index contributed by atoms with van der Waals surface area (Å²) < 4.78 is 15.4. The first-order valence-corrected chi connectivity index (χ1v) is 10.6. The van der Waals surface area contributed by atoms with E-state index in [1.54, 1.807) is 23.0 Å². The number of aromatic nitrogens is 4. The number of nitrogens with zero attached hydrogens (tertiary/aromatic N) is 4. The quantitative estimate of drug-likeness (QED) is 0.352. The van der Waals surface area contributed by atoms with E-state index in [4.69, 9.17) is 0 Å². The Morgan fingerprint density at radius 2 is 1.86 bits per heavy atom. The van der Waals surface area contributed by atoms with E-state index in [1.165, 1.54) is 35.2 Å². The minimum absolute atomic E-state index is 0.177. The second-order valence-corrected chi connectivity index (χ2v) is 8.34. The maximum absolute atomic E-state index is 12.9. The number of amides is 1. The number of carbonyl (C=O) groups excluding carboxylic acids is 1. The molecule has 0 atom stereocenters. The first-order valence-electron chi connectivity index (χ1n) is 8.75. The molecule has 0 aliphatic rings. The van der Waals surface area contributed by atoms with Crippen LogP contribution in [0, 0.1) is 5.82 Å². The fraction of sp³-hybridized carbons (Fsp3) is 0.100. The summed E-state index contributed by atoms with van der Waals surface area (Å²) in [7, 11) is 0. The molecule has 0 saturated heterocycles. The Balaban J connectivity index is 1.30. The summed E-state index contributed by atoms with van der Waals surface area (Å²) in [5.41, 5.74) is 2.74. The average Bonchev–Trinajstić information content (AvgIpc) is 3.38. The Morgan fingerprint density at radius 3 is 2.66 bits per heavy atom. The SMILES string of the molecule is O=C(Cc1cnn(-c2ccccc2)c1)Nc1nnc(SCc2ccc(F)cc2)s1. The molecule has 0 fully saturated rings. The molecule has 0 aliphatic heterocycles. The molecule has 1 N–H and O–H groups in total. The summed E-state index contributed by atoms with van der Waals surface area (Å²) in [6.07, 6.45) is 3.71. The number of hydrogen-bond acceptors (Lipinski definition) is 6. The summed E-state index contributed by atoms with van der Waals surface area (Å²) >= 11 is 2.80. The lowest BCUT2D eigenvalue weighted by Crippen LogP contribution is -2.13. The van der Waals surface area contributed by atoms with Crippen molar-refractivity contribution in [2.75, 3.05) is 5.32 Å². The molecule has 0 spiro atoms. The lowest BCUT2D eigenvalue weighted by atomic mass is 10.2. The lowest BCUT2D eigenvalue weighted by molar-refractivity contribution is -0.115. The Morgan fingerprint density at radius 1 is 1.07 bits per heavy atom. The molecule has 4 aromatic rings. The van der Waals surface area contributed by atoms with Gasteiger partial charge in [0.15, 0.2) is 4.34 Å². The van der Waals surface area contributed by atoms with E-state index in [-0.39, 0.29) is 18.1 Å². The number of carbonyl (C=O) groups is 1. The van der Waals surface area contributed by atoms with Crippen molar-refractivity contribution in [3.05, 3.63) is 83.9 Å². The van der Waals surface area contributed by atoms with E-state index < -0.39 is 0 Å². The third kappa shape index (κ3) is 5.27. The zero-order chi connectivity index (χ0) is 20.1. The molecule has 146 valence electrons. The second-order valence-electron chi connectivity index (χ2n) is 6.14. The van der Waals surface area contributed by atoms with Crippen LogP contribution in [0.2, 0.25) is 0 Å². The Bertz CT molecular complexity index is 1100. The number of thioether (sulfide) groups is 1. The number of anilines is 1. The van der Waals surface area contributed by atoms with Gasteiger partial charge in [0.25, 0.3) is 0 Å². The Kier molecular flexibility index (Phi) is 5.97. The van der Waals surface area contributed by atoms with Crippen LogP contribution in [0.15, 0.2) is 71.3 Å². The summed E-state index contributed by atoms with van der Waals surface area (Å²) in [5.74, 6) is 0.222. The highest BCUT2D eigenvalue weighted by Gasteiger charge is 2.11. The van der Waals surface area contributed by atoms with Crippen LogP contribution < -0.4 is 5.32 Å². The first kappa shape index (κ1) is 19.3. The molecule has 1 amide bonds. The van der Waals surface area contributed by atoms with Gasteiger partial charge in [-0.2, -0.15) is 5.10 Å². The number of para-hydroxylation sites is 1. The summed E-state index contributed by atoms with van der Waals surface area (Å²) in [6, 6.07) is 16.0. The van der Waals surface area contributed by atoms with Crippen LogP contribution in [-0.4, -0.2) is 25.9 Å². The normalized spacial score (nSPS) is 10.8. The summed E-state index contributed by atoms with van der Waals surface area (Å²) in [6.45, 7) is 0. The molecule has 2 aromatic heterocycles. The molecule has 0 aliphatic carbocycles. The maximum Gasteiger partial charge on any atom is 0.230 e. The molecule has 0 unspecified atom stereocenters. The Labute approximate surface area is 174 Å². The largest absolute Gasteiger partial charge is 0.300 e. The fourth-order valence-electron chi connectivity index (χ4n) is 2.57. The average molecular weight is 426 g/mol. The number of rotatable bonds is 7. The smallest absolute Gasteiger partial charge is 0.230 e. The second kappa shape index (κ2) is 8.97. The van der Waals surface area contributed by atoms with Gasteiger partial charge >= 0.3 is 0 Å². The van der Waals surface area contributed by atoms with Crippen molar-refractivity contribution in [1.82, 2.24) is 20.0 Å². The molecular weight excluding hydrogens is 409 g/mol. The van der Waals surface area contributed by atoms with E-state index in [1.807, 2.05) is 36.5 Å². The molecule has 0 radical (unpaired) electrons. The van der Waals surface area contributed by atoms with Gasteiger partial charge in [-0.25, -0.2) is 9.07 Å². The number of halogens is 1. The van der Waals surface area contributed by atoms with Gasteiger partial charge in [-0.1, -0.05) is 53.4 Å². The molecular formula is C20H16FN5OS2. The first-order chi connectivity index (χ1) is 14.2. The topological polar surface area (TPSA) is 72.7 Å². The van der Waals surface area contributed by atoms with Crippen LogP contribution in [0.25, 0.3) is 5.69 Å². The van der Waals surface area contributed by atoms with Gasteiger partial charge in [0, 0.05) is 11.9 Å². The van der Waals surface area contributed by atoms with Crippen molar-refractivity contribution in [2.45, 2.75) is 16.5 Å². The molecule has 9 heteroatoms. The van der Waals surface area contributed by atoms with E-state index >= 15 is 0 Å². The number of nitrogens with one attached hydrogen (secondary N) is 1. The molecule has 2 heterocycles. The van der Waals surface area contributed by atoms with Crippen LogP contribution in [-0.2, 0) is 17.0 Å². The van der Waals surface area contributed by atoms with Crippen molar-refractivity contribution in [3.63, 3.8) is 0 Å². The molecule has 4 rings (SSSR count). The van der Waals surface area contributed by atoms with Gasteiger partial charge in [-0.15, -0.1) is 10.2 Å². The molecule has 29 heavy (non-hydrogen) atoms. The minimum atomic E-state index is -0.256. The number of benzene rings is 2. The van der Waals surface area contributed by atoms with Crippen molar-refractivity contribution >= 4 is 34.1 Å². The minimum Gasteiger partial charge on any atom is -0.300 e. The standard InChI is InChI=1S/C20H16FN5OS2/c21-16-8-6-14(7-9-16)13-28-20-25-24-19(29-20)23-18(27)10-15-11-22-26(12-15)17-4-2-1-3-5-17/h1-9,11-12H,10,13H2,(H,23,24,27). The van der Waals surface area contributed by atoms with Gasteiger partial charge in [-0.05, 0) is 35.4 Å². The van der Waals surface area contributed by atoms with Gasteiger partial charge in [0.05, 0.1) is 18.3 Å². The van der Waals surface area contributed by atoms with E-state index in [0.717, 1.165) is 21.2 Å². The third-order valence-corrected chi connectivity index (χ3v) is 5.99. The summed E-state index contributed by atoms with van der Waals surface area (Å²) in [5, 5.41) is 15.6. The van der Waals surface area contributed by atoms with E-state index in [2.05, 4.69) is 20.6 Å². The molecule has 2 aromatic carbocycles. The predicted octanol–water partition coefficient (Wildman–Crippen LogP) is 4.34. The van der Waals surface area contributed by atoms with Crippen LogP contribution in [0.5, 0.6) is 0 Å². The highest BCUT2D eigenvalue weighted by Crippen LogP contribution is 2.28. The van der Waals surface area contributed by atoms with Gasteiger partial charge < -0.3 is 5.32 Å². The van der Waals surface area contributed by atoms with Crippen LogP contribution in [0.4, 0.5) is 9.52 Å². The Hall–Kier alpha value is -3.04. The van der Waals surface area contributed by atoms with Crippen molar-refractivity contribution in [1.29, 1.82) is 0 Å². The predicted molar refractivity (Wildman–Crippen MR) is 112 cm³/mol. The lowest BCUT2D eigenvalue weighted by Gasteiger charge is -2.00. The third-order valence-electron chi connectivity index (χ3n) is 3.95. The van der Waals surface area contributed by atoms with Crippen molar-refractivity contribution in [2.24, 2.45) is 0 Å². The molecule has 0 bridgehead atoms. The zero-order valence-electron chi connectivity index (χ0n) is 15.2. The van der Waals surface area contributed by atoms with Gasteiger partial charge in [0.1, 0.15) is 5.82 Å². The fourth-order valence-corrected chi connectivity index (χ4v) is 4.29. The molecule has 6 nitrogen and oxygen atoms in total. The van der Waals surface area contributed by atoms with E-state index in [9.17, 15) is 9.18 Å². The van der Waals surface area contributed by atoms with Gasteiger partial charge in [0.2, 0.25) is 11.0 Å². The number of hydrogen-bond donors (Lipinski definition) is 1. The highest BCUT2D eigenvalue weighted by atomic mass is 32.2. The van der Waals surface area contributed by atoms with Crippen LogP contribution in [0.1, 0.15) is 11.1 Å². The monoisotopic (exact) mass is 425 g/mol. The summed E-state index contributed by atoms with van der Waals surface area (Å²) in [4.78, 5) is 12.3. The highest BCUT2D eigenvalue weighted by molar-refractivity contribution is 8.00. The molecule has 0 saturated carbocycles.